The molecule has 1 aromatic rings. The van der Waals surface area contributed by atoms with Crippen LogP contribution in [0.4, 0.5) is 8.78 Å². The van der Waals surface area contributed by atoms with Crippen molar-refractivity contribution in [3.8, 4) is 5.75 Å². The van der Waals surface area contributed by atoms with E-state index < -0.39 is 6.61 Å². The average Bonchev–Trinajstić information content (AvgIpc) is 3.02. The lowest BCUT2D eigenvalue weighted by Gasteiger charge is -2.22. The first-order chi connectivity index (χ1) is 10.1. The van der Waals surface area contributed by atoms with E-state index in [9.17, 15) is 8.78 Å². The maximum absolute atomic E-state index is 12.4. The van der Waals surface area contributed by atoms with Gasteiger partial charge in [-0.15, -0.1) is 0 Å². The van der Waals surface area contributed by atoms with Crippen LogP contribution in [0.15, 0.2) is 18.2 Å². The van der Waals surface area contributed by atoms with Crippen LogP contribution in [0.1, 0.15) is 24.8 Å². The second-order valence-corrected chi connectivity index (χ2v) is 6.09. The fraction of sp³-hybridized carbons (Fsp3) is 0.600. The highest BCUT2D eigenvalue weighted by atomic mass is 35.5. The van der Waals surface area contributed by atoms with Crippen molar-refractivity contribution < 1.29 is 13.5 Å². The Labute approximate surface area is 128 Å². The molecule has 2 fully saturated rings. The molecule has 6 heteroatoms. The van der Waals surface area contributed by atoms with Gasteiger partial charge in [-0.1, -0.05) is 11.6 Å². The van der Waals surface area contributed by atoms with Crippen LogP contribution in [0.5, 0.6) is 5.75 Å². The predicted octanol–water partition coefficient (Wildman–Crippen LogP) is 3.27. The van der Waals surface area contributed by atoms with Gasteiger partial charge < -0.3 is 10.1 Å². The van der Waals surface area contributed by atoms with Gasteiger partial charge in [-0.25, -0.2) is 0 Å². The molecule has 1 N–H and O–H groups in total. The second-order valence-electron chi connectivity index (χ2n) is 5.65. The molecule has 2 aliphatic rings. The van der Waals surface area contributed by atoms with E-state index in [1.807, 2.05) is 0 Å². The van der Waals surface area contributed by atoms with E-state index >= 15 is 0 Å². The minimum Gasteiger partial charge on any atom is -0.434 e. The summed E-state index contributed by atoms with van der Waals surface area (Å²) in [5.41, 5.74) is 0.680. The third kappa shape index (κ3) is 3.47. The summed E-state index contributed by atoms with van der Waals surface area (Å²) < 4.78 is 29.4. The molecule has 0 radical (unpaired) electrons. The second kappa shape index (κ2) is 6.46. The zero-order valence-corrected chi connectivity index (χ0v) is 12.5. The number of benzene rings is 1. The van der Waals surface area contributed by atoms with Gasteiger partial charge in [0.25, 0.3) is 0 Å². The number of hydrogen-bond donors (Lipinski definition) is 1. The standard InChI is InChI=1S/C15H19ClF2N2O/c16-11-3-4-14(21-15(17)18)10(8-11)9-19-12-5-7-20-6-1-2-13(12)20/h3-4,8,12-13,15,19H,1-2,5-7,9H2. The molecule has 3 nitrogen and oxygen atoms in total. The minimum atomic E-state index is -2.82. The Bertz CT molecular complexity index is 501. The molecule has 1 aromatic carbocycles. The van der Waals surface area contributed by atoms with Crippen LogP contribution >= 0.6 is 11.6 Å². The smallest absolute Gasteiger partial charge is 0.387 e. The van der Waals surface area contributed by atoms with Gasteiger partial charge in [0.15, 0.2) is 0 Å². The molecule has 2 atom stereocenters. The molecule has 0 spiro atoms. The van der Waals surface area contributed by atoms with Crippen LogP contribution in [0.3, 0.4) is 0 Å². The highest BCUT2D eigenvalue weighted by Crippen LogP contribution is 2.29. The van der Waals surface area contributed by atoms with Crippen molar-refractivity contribution >= 4 is 11.6 Å². The van der Waals surface area contributed by atoms with Crippen molar-refractivity contribution in [2.75, 3.05) is 13.1 Å². The van der Waals surface area contributed by atoms with E-state index in [1.54, 1.807) is 12.1 Å². The molecule has 0 amide bonds. The molecule has 3 rings (SSSR count). The van der Waals surface area contributed by atoms with Gasteiger partial charge in [-0.3, -0.25) is 4.90 Å². The van der Waals surface area contributed by atoms with E-state index in [2.05, 4.69) is 15.0 Å². The molecule has 116 valence electrons. The molecule has 0 aliphatic carbocycles. The minimum absolute atomic E-state index is 0.197. The lowest BCUT2D eigenvalue weighted by molar-refractivity contribution is -0.0505. The molecule has 2 saturated heterocycles. The first-order valence-electron chi connectivity index (χ1n) is 7.34. The zero-order chi connectivity index (χ0) is 14.8. The fourth-order valence-electron chi connectivity index (χ4n) is 3.46. The number of fused-ring (bicyclic) bond motifs is 1. The van der Waals surface area contributed by atoms with Gasteiger partial charge in [0, 0.05) is 35.8 Å². The Morgan fingerprint density at radius 2 is 2.19 bits per heavy atom. The highest BCUT2D eigenvalue weighted by molar-refractivity contribution is 6.30. The topological polar surface area (TPSA) is 24.5 Å². The largest absolute Gasteiger partial charge is 0.434 e. The first kappa shape index (κ1) is 15.0. The molecule has 21 heavy (non-hydrogen) atoms. The maximum Gasteiger partial charge on any atom is 0.387 e. The summed E-state index contributed by atoms with van der Waals surface area (Å²) in [4.78, 5) is 2.51. The summed E-state index contributed by atoms with van der Waals surface area (Å²) in [6.45, 7) is -0.0166. The van der Waals surface area contributed by atoms with Crippen LogP contribution in [0, 0.1) is 0 Å². The molecule has 0 saturated carbocycles. The Morgan fingerprint density at radius 1 is 1.33 bits per heavy atom. The third-order valence-corrected chi connectivity index (χ3v) is 4.63. The van der Waals surface area contributed by atoms with Gasteiger partial charge >= 0.3 is 6.61 Å². The Morgan fingerprint density at radius 3 is 3.00 bits per heavy atom. The quantitative estimate of drug-likeness (QED) is 0.902. The summed E-state index contributed by atoms with van der Waals surface area (Å²) >= 11 is 5.96. The molecule has 2 unspecified atom stereocenters. The number of nitrogens with zero attached hydrogens (tertiary/aromatic N) is 1. The maximum atomic E-state index is 12.4. The highest BCUT2D eigenvalue weighted by Gasteiger charge is 2.36. The number of halogens is 3. The Balaban J connectivity index is 1.65. The number of hydrogen-bond acceptors (Lipinski definition) is 3. The van der Waals surface area contributed by atoms with E-state index in [-0.39, 0.29) is 5.75 Å². The summed E-state index contributed by atoms with van der Waals surface area (Å²) in [7, 11) is 0. The zero-order valence-electron chi connectivity index (χ0n) is 11.7. The summed E-state index contributed by atoms with van der Waals surface area (Å²) in [6.07, 6.45) is 3.57. The predicted molar refractivity (Wildman–Crippen MR) is 77.9 cm³/mol. The number of alkyl halides is 2. The summed E-state index contributed by atoms with van der Waals surface area (Å²) in [5.74, 6) is 0.197. The molecule has 2 aliphatic heterocycles. The van der Waals surface area contributed by atoms with Crippen molar-refractivity contribution in [1.29, 1.82) is 0 Å². The summed E-state index contributed by atoms with van der Waals surface area (Å²) in [6, 6.07) is 5.77. The van der Waals surface area contributed by atoms with Gasteiger partial charge in [0.2, 0.25) is 0 Å². The van der Waals surface area contributed by atoms with E-state index in [0.717, 1.165) is 13.0 Å². The van der Waals surface area contributed by atoms with Crippen LogP contribution in [-0.2, 0) is 6.54 Å². The first-order valence-corrected chi connectivity index (χ1v) is 7.72. The average molecular weight is 317 g/mol. The molecular weight excluding hydrogens is 298 g/mol. The monoisotopic (exact) mass is 316 g/mol. The van der Waals surface area contributed by atoms with Crippen molar-refractivity contribution in [3.05, 3.63) is 28.8 Å². The molecule has 0 aromatic heterocycles. The lowest BCUT2D eigenvalue weighted by Crippen LogP contribution is -2.38. The van der Waals surface area contributed by atoms with E-state index in [4.69, 9.17) is 11.6 Å². The molecular formula is C15H19ClF2N2O. The van der Waals surface area contributed by atoms with Gasteiger partial charge in [0.1, 0.15) is 5.75 Å². The Hall–Kier alpha value is -0.910. The van der Waals surface area contributed by atoms with Crippen LogP contribution in [0.25, 0.3) is 0 Å². The normalized spacial score (nSPS) is 25.5. The van der Waals surface area contributed by atoms with Crippen molar-refractivity contribution in [3.63, 3.8) is 0 Å². The van der Waals surface area contributed by atoms with Crippen LogP contribution < -0.4 is 10.1 Å². The van der Waals surface area contributed by atoms with E-state index in [1.165, 1.54) is 25.5 Å². The number of rotatable bonds is 5. The van der Waals surface area contributed by atoms with Crippen LogP contribution in [0.2, 0.25) is 5.02 Å². The van der Waals surface area contributed by atoms with Gasteiger partial charge in [-0.2, -0.15) is 8.78 Å². The number of ether oxygens (including phenoxy) is 1. The molecule has 2 heterocycles. The Kier molecular flexibility index (Phi) is 4.62. The van der Waals surface area contributed by atoms with E-state index in [0.29, 0.717) is 29.2 Å². The molecule has 0 bridgehead atoms. The van der Waals surface area contributed by atoms with Crippen LogP contribution in [-0.4, -0.2) is 36.7 Å². The van der Waals surface area contributed by atoms with Crippen molar-refractivity contribution in [2.24, 2.45) is 0 Å². The van der Waals surface area contributed by atoms with Crippen molar-refractivity contribution in [2.45, 2.75) is 44.5 Å². The SMILES string of the molecule is FC(F)Oc1ccc(Cl)cc1CNC1CCN2CCCC12. The van der Waals surface area contributed by atoms with Gasteiger partial charge in [0.05, 0.1) is 0 Å². The lowest BCUT2D eigenvalue weighted by atomic mass is 10.1. The number of nitrogens with one attached hydrogen (secondary N) is 1. The summed E-state index contributed by atoms with van der Waals surface area (Å²) in [5, 5.41) is 4.01. The van der Waals surface area contributed by atoms with Crippen molar-refractivity contribution in [1.82, 2.24) is 10.2 Å². The third-order valence-electron chi connectivity index (χ3n) is 4.40. The van der Waals surface area contributed by atoms with Gasteiger partial charge in [-0.05, 0) is 44.0 Å². The fourth-order valence-corrected chi connectivity index (χ4v) is 3.65.